The first kappa shape index (κ1) is 21.0. The second-order valence-corrected chi connectivity index (χ2v) is 5.47. The molecule has 0 aromatic heterocycles. The van der Waals surface area contributed by atoms with Gasteiger partial charge in [0.05, 0.1) is 18.2 Å². The zero-order valence-electron chi connectivity index (χ0n) is 14.0. The minimum atomic E-state index is -1.07. The molecule has 0 aliphatic carbocycles. The highest BCUT2D eigenvalue weighted by molar-refractivity contribution is 9.10. The van der Waals surface area contributed by atoms with Gasteiger partial charge < -0.3 is 19.9 Å². The SMILES string of the molecule is CCOc1cc(/C=C(/C#N)C(=O)NC(N)=O)cc(Br)c1OCC(=O)OC. The number of imide groups is 1. The summed E-state index contributed by atoms with van der Waals surface area (Å²) in [7, 11) is 1.23. The van der Waals surface area contributed by atoms with Crippen molar-refractivity contribution < 1.29 is 28.6 Å². The number of amides is 3. The van der Waals surface area contributed by atoms with Crippen LogP contribution in [0.15, 0.2) is 22.2 Å². The van der Waals surface area contributed by atoms with Crippen molar-refractivity contribution in [2.45, 2.75) is 6.92 Å². The number of carbonyl (C=O) groups excluding carboxylic acids is 3. The number of rotatable bonds is 7. The van der Waals surface area contributed by atoms with Gasteiger partial charge in [-0.05, 0) is 46.6 Å². The third-order valence-electron chi connectivity index (χ3n) is 2.81. The van der Waals surface area contributed by atoms with Crippen molar-refractivity contribution in [2.24, 2.45) is 5.73 Å². The van der Waals surface area contributed by atoms with Crippen LogP contribution in [0.3, 0.4) is 0 Å². The van der Waals surface area contributed by atoms with E-state index in [1.807, 2.05) is 5.32 Å². The van der Waals surface area contributed by atoms with Crippen LogP contribution in [0.1, 0.15) is 12.5 Å². The van der Waals surface area contributed by atoms with E-state index in [0.717, 1.165) is 0 Å². The van der Waals surface area contributed by atoms with E-state index in [0.29, 0.717) is 16.6 Å². The zero-order valence-corrected chi connectivity index (χ0v) is 15.6. The highest BCUT2D eigenvalue weighted by atomic mass is 79.9. The van der Waals surface area contributed by atoms with Gasteiger partial charge in [-0.2, -0.15) is 5.26 Å². The van der Waals surface area contributed by atoms with E-state index in [-0.39, 0.29) is 23.7 Å². The Balaban J connectivity index is 3.23. The quantitative estimate of drug-likeness (QED) is 0.382. The molecular formula is C16H16BrN3O6. The number of halogens is 1. The summed E-state index contributed by atoms with van der Waals surface area (Å²) < 4.78 is 15.8. The Labute approximate surface area is 157 Å². The van der Waals surface area contributed by atoms with Crippen LogP contribution in [0.4, 0.5) is 4.79 Å². The lowest BCUT2D eigenvalue weighted by Crippen LogP contribution is -2.35. The van der Waals surface area contributed by atoms with Crippen LogP contribution in [-0.4, -0.2) is 38.2 Å². The maximum atomic E-state index is 11.7. The van der Waals surface area contributed by atoms with Crippen molar-refractivity contribution in [1.29, 1.82) is 5.26 Å². The second kappa shape index (κ2) is 10.0. The molecule has 1 aromatic rings. The Morgan fingerprint density at radius 1 is 1.35 bits per heavy atom. The Morgan fingerprint density at radius 2 is 2.04 bits per heavy atom. The lowest BCUT2D eigenvalue weighted by atomic mass is 10.1. The Kier molecular flexibility index (Phi) is 8.11. The Hall–Kier alpha value is -3.06. The third kappa shape index (κ3) is 6.10. The fourth-order valence-corrected chi connectivity index (χ4v) is 2.33. The van der Waals surface area contributed by atoms with Gasteiger partial charge in [-0.3, -0.25) is 10.1 Å². The number of hydrogen-bond donors (Lipinski definition) is 2. The van der Waals surface area contributed by atoms with E-state index in [1.54, 1.807) is 19.1 Å². The third-order valence-corrected chi connectivity index (χ3v) is 3.40. The van der Waals surface area contributed by atoms with Crippen LogP contribution in [-0.2, 0) is 14.3 Å². The van der Waals surface area contributed by atoms with E-state index >= 15 is 0 Å². The maximum Gasteiger partial charge on any atom is 0.343 e. The van der Waals surface area contributed by atoms with Gasteiger partial charge in [0.25, 0.3) is 5.91 Å². The number of nitrogens with zero attached hydrogens (tertiary/aromatic N) is 1. The number of methoxy groups -OCH3 is 1. The zero-order chi connectivity index (χ0) is 19.7. The van der Waals surface area contributed by atoms with Crippen LogP contribution in [0, 0.1) is 11.3 Å². The Morgan fingerprint density at radius 3 is 2.58 bits per heavy atom. The van der Waals surface area contributed by atoms with Gasteiger partial charge in [-0.1, -0.05) is 0 Å². The number of nitrogens with one attached hydrogen (secondary N) is 1. The predicted molar refractivity (Wildman–Crippen MR) is 94.1 cm³/mol. The van der Waals surface area contributed by atoms with Crippen LogP contribution in [0.5, 0.6) is 11.5 Å². The highest BCUT2D eigenvalue weighted by Crippen LogP contribution is 2.37. The van der Waals surface area contributed by atoms with E-state index < -0.39 is 17.9 Å². The molecule has 0 saturated heterocycles. The van der Waals surface area contributed by atoms with Crippen LogP contribution in [0.2, 0.25) is 0 Å². The van der Waals surface area contributed by atoms with Crippen molar-refractivity contribution in [3.63, 3.8) is 0 Å². The van der Waals surface area contributed by atoms with Crippen molar-refractivity contribution in [2.75, 3.05) is 20.3 Å². The molecular weight excluding hydrogens is 410 g/mol. The topological polar surface area (TPSA) is 141 Å². The van der Waals surface area contributed by atoms with Gasteiger partial charge in [0.15, 0.2) is 18.1 Å². The number of benzene rings is 1. The number of hydrogen-bond acceptors (Lipinski definition) is 7. The van der Waals surface area contributed by atoms with Gasteiger partial charge in [0, 0.05) is 0 Å². The van der Waals surface area contributed by atoms with E-state index in [2.05, 4.69) is 20.7 Å². The van der Waals surface area contributed by atoms with E-state index in [9.17, 15) is 14.4 Å². The standard InChI is InChI=1S/C16H16BrN3O6/c1-3-25-12-6-9(4-10(7-18)15(22)20-16(19)23)5-11(17)14(12)26-8-13(21)24-2/h4-6H,3,8H2,1-2H3,(H3,19,20,22,23)/b10-4-. The van der Waals surface area contributed by atoms with Gasteiger partial charge >= 0.3 is 12.0 Å². The molecule has 1 aromatic carbocycles. The van der Waals surface area contributed by atoms with Crippen molar-refractivity contribution >= 4 is 39.9 Å². The summed E-state index contributed by atoms with van der Waals surface area (Å²) in [4.78, 5) is 33.7. The first-order valence-corrected chi connectivity index (χ1v) is 8.00. The molecule has 0 heterocycles. The van der Waals surface area contributed by atoms with Gasteiger partial charge in [-0.15, -0.1) is 0 Å². The largest absolute Gasteiger partial charge is 0.490 e. The summed E-state index contributed by atoms with van der Waals surface area (Å²) in [5.41, 5.74) is 4.95. The minimum absolute atomic E-state index is 0.259. The number of carbonyl (C=O) groups is 3. The molecule has 0 bridgehead atoms. The van der Waals surface area contributed by atoms with Crippen molar-refractivity contribution in [3.05, 3.63) is 27.7 Å². The normalized spacial score (nSPS) is 10.5. The predicted octanol–water partition coefficient (Wildman–Crippen LogP) is 1.50. The molecule has 9 nitrogen and oxygen atoms in total. The monoisotopic (exact) mass is 425 g/mol. The summed E-state index contributed by atoms with van der Waals surface area (Å²) in [6.45, 7) is 1.73. The number of nitrogens with two attached hydrogens (primary N) is 1. The fraction of sp³-hybridized carbons (Fsp3) is 0.250. The van der Waals surface area contributed by atoms with Crippen molar-refractivity contribution in [3.8, 4) is 17.6 Å². The summed E-state index contributed by atoms with van der Waals surface area (Å²) in [6, 6.07) is 3.67. The molecule has 0 saturated carbocycles. The maximum absolute atomic E-state index is 11.7. The molecule has 1 rings (SSSR count). The molecule has 3 amide bonds. The average molecular weight is 426 g/mol. The summed E-state index contributed by atoms with van der Waals surface area (Å²) in [6.07, 6.45) is 1.25. The van der Waals surface area contributed by atoms with Gasteiger partial charge in [-0.25, -0.2) is 9.59 Å². The summed E-state index contributed by atoms with van der Waals surface area (Å²) >= 11 is 3.29. The molecule has 0 atom stereocenters. The molecule has 138 valence electrons. The molecule has 0 spiro atoms. The first-order valence-electron chi connectivity index (χ1n) is 7.20. The molecule has 3 N–H and O–H groups in total. The van der Waals surface area contributed by atoms with Crippen LogP contribution >= 0.6 is 15.9 Å². The Bertz CT molecular complexity index is 785. The minimum Gasteiger partial charge on any atom is -0.490 e. The van der Waals surface area contributed by atoms with Crippen molar-refractivity contribution in [1.82, 2.24) is 5.32 Å². The highest BCUT2D eigenvalue weighted by Gasteiger charge is 2.16. The summed E-state index contributed by atoms with van der Waals surface area (Å²) in [5.74, 6) is -0.961. The number of esters is 1. The molecule has 0 aliphatic rings. The van der Waals surface area contributed by atoms with E-state index in [1.165, 1.54) is 19.3 Å². The average Bonchev–Trinajstić information content (AvgIpc) is 2.58. The molecule has 0 aliphatic heterocycles. The number of primary amides is 1. The molecule has 0 fully saturated rings. The molecule has 26 heavy (non-hydrogen) atoms. The lowest BCUT2D eigenvalue weighted by molar-refractivity contribution is -0.143. The molecule has 10 heteroatoms. The first-order chi connectivity index (χ1) is 12.3. The number of ether oxygens (including phenoxy) is 3. The summed E-state index contributed by atoms with van der Waals surface area (Å²) in [5, 5.41) is 10.9. The number of urea groups is 1. The van der Waals surface area contributed by atoms with Gasteiger partial charge in [0.1, 0.15) is 11.6 Å². The fourth-order valence-electron chi connectivity index (χ4n) is 1.76. The number of nitriles is 1. The van der Waals surface area contributed by atoms with E-state index in [4.69, 9.17) is 20.5 Å². The lowest BCUT2D eigenvalue weighted by Gasteiger charge is -2.14. The molecule has 0 unspecified atom stereocenters. The second-order valence-electron chi connectivity index (χ2n) is 4.62. The molecule has 0 radical (unpaired) electrons. The van der Waals surface area contributed by atoms with Crippen LogP contribution < -0.4 is 20.5 Å². The van der Waals surface area contributed by atoms with Gasteiger partial charge in [0.2, 0.25) is 0 Å². The smallest absolute Gasteiger partial charge is 0.343 e. The van der Waals surface area contributed by atoms with Crippen LogP contribution in [0.25, 0.3) is 6.08 Å².